The number of rotatable bonds is 6. The van der Waals surface area contributed by atoms with Crippen molar-refractivity contribution in [1.82, 2.24) is 4.90 Å². The van der Waals surface area contributed by atoms with E-state index in [1.807, 2.05) is 31.2 Å². The SMILES string of the molecule is Cc1ccc(CN(CCO)C(=O)Cc2cccc(F)c2O)cc1. The summed E-state index contributed by atoms with van der Waals surface area (Å²) in [7, 11) is 0. The van der Waals surface area contributed by atoms with E-state index in [9.17, 15) is 14.3 Å². The molecule has 0 aliphatic carbocycles. The van der Waals surface area contributed by atoms with Crippen LogP contribution in [0.5, 0.6) is 5.75 Å². The predicted molar refractivity (Wildman–Crippen MR) is 85.5 cm³/mol. The minimum Gasteiger partial charge on any atom is -0.505 e. The van der Waals surface area contributed by atoms with Crippen LogP contribution in [0.1, 0.15) is 16.7 Å². The fourth-order valence-corrected chi connectivity index (χ4v) is 2.30. The second kappa shape index (κ2) is 7.74. The largest absolute Gasteiger partial charge is 0.505 e. The van der Waals surface area contributed by atoms with E-state index in [1.165, 1.54) is 17.0 Å². The van der Waals surface area contributed by atoms with Crippen molar-refractivity contribution in [3.05, 3.63) is 65.0 Å². The lowest BCUT2D eigenvalue weighted by Gasteiger charge is -2.22. The Morgan fingerprint density at radius 1 is 1.17 bits per heavy atom. The van der Waals surface area contributed by atoms with Crippen LogP contribution in [-0.4, -0.2) is 34.2 Å². The number of halogens is 1. The molecule has 0 fully saturated rings. The molecule has 2 N–H and O–H groups in total. The lowest BCUT2D eigenvalue weighted by Crippen LogP contribution is -2.34. The number of hydrogen-bond acceptors (Lipinski definition) is 3. The molecule has 0 unspecified atom stereocenters. The Morgan fingerprint density at radius 2 is 1.87 bits per heavy atom. The maximum atomic E-state index is 13.3. The summed E-state index contributed by atoms with van der Waals surface area (Å²) < 4.78 is 13.3. The smallest absolute Gasteiger partial charge is 0.227 e. The van der Waals surface area contributed by atoms with Gasteiger partial charge < -0.3 is 15.1 Å². The van der Waals surface area contributed by atoms with Crippen LogP contribution in [0, 0.1) is 12.7 Å². The third-order valence-electron chi connectivity index (χ3n) is 3.63. The van der Waals surface area contributed by atoms with Crippen LogP contribution in [-0.2, 0) is 17.8 Å². The maximum absolute atomic E-state index is 13.3. The fraction of sp³-hybridized carbons (Fsp3) is 0.278. The summed E-state index contributed by atoms with van der Waals surface area (Å²) in [6, 6.07) is 11.9. The zero-order valence-corrected chi connectivity index (χ0v) is 13.0. The van der Waals surface area contributed by atoms with E-state index in [1.54, 1.807) is 0 Å². The summed E-state index contributed by atoms with van der Waals surface area (Å²) in [5.41, 5.74) is 2.31. The number of aliphatic hydroxyl groups is 1. The molecule has 0 aromatic heterocycles. The molecular formula is C18H20FNO3. The van der Waals surface area contributed by atoms with Gasteiger partial charge in [-0.25, -0.2) is 4.39 Å². The number of aryl methyl sites for hydroxylation is 1. The van der Waals surface area contributed by atoms with Crippen molar-refractivity contribution in [3.63, 3.8) is 0 Å². The van der Waals surface area contributed by atoms with Crippen molar-refractivity contribution in [2.45, 2.75) is 19.9 Å². The number of phenols is 1. The molecule has 2 rings (SSSR count). The minimum atomic E-state index is -0.748. The summed E-state index contributed by atoms with van der Waals surface area (Å²) >= 11 is 0. The molecule has 0 aliphatic rings. The van der Waals surface area contributed by atoms with Crippen LogP contribution < -0.4 is 0 Å². The highest BCUT2D eigenvalue weighted by Gasteiger charge is 2.17. The number of aliphatic hydroxyl groups excluding tert-OH is 1. The maximum Gasteiger partial charge on any atom is 0.227 e. The minimum absolute atomic E-state index is 0.116. The Bertz CT molecular complexity index is 670. The van der Waals surface area contributed by atoms with Crippen molar-refractivity contribution < 1.29 is 19.4 Å². The van der Waals surface area contributed by atoms with E-state index in [2.05, 4.69) is 0 Å². The molecular weight excluding hydrogens is 297 g/mol. The van der Waals surface area contributed by atoms with E-state index in [-0.39, 0.29) is 31.0 Å². The van der Waals surface area contributed by atoms with E-state index < -0.39 is 11.6 Å². The van der Waals surface area contributed by atoms with E-state index >= 15 is 0 Å². The highest BCUT2D eigenvalue weighted by molar-refractivity contribution is 5.79. The fourth-order valence-electron chi connectivity index (χ4n) is 2.30. The lowest BCUT2D eigenvalue weighted by atomic mass is 10.1. The Labute approximate surface area is 134 Å². The Balaban J connectivity index is 2.11. The molecule has 4 nitrogen and oxygen atoms in total. The number of hydrogen-bond donors (Lipinski definition) is 2. The summed E-state index contributed by atoms with van der Waals surface area (Å²) in [5, 5.41) is 18.9. The monoisotopic (exact) mass is 317 g/mol. The van der Waals surface area contributed by atoms with E-state index in [4.69, 9.17) is 5.11 Å². The molecule has 0 spiro atoms. The lowest BCUT2D eigenvalue weighted by molar-refractivity contribution is -0.131. The zero-order valence-electron chi connectivity index (χ0n) is 13.0. The van der Waals surface area contributed by atoms with Gasteiger partial charge in [0.25, 0.3) is 0 Å². The second-order valence-corrected chi connectivity index (χ2v) is 5.45. The van der Waals surface area contributed by atoms with E-state index in [0.29, 0.717) is 6.54 Å². The summed E-state index contributed by atoms with van der Waals surface area (Å²) in [5.74, 6) is -1.52. The third kappa shape index (κ3) is 4.53. The average molecular weight is 317 g/mol. The van der Waals surface area contributed by atoms with Gasteiger partial charge in [-0.1, -0.05) is 42.0 Å². The number of phenolic OH excluding ortho intramolecular Hbond substituents is 1. The van der Waals surface area contributed by atoms with Crippen LogP contribution in [0.4, 0.5) is 4.39 Å². The second-order valence-electron chi connectivity index (χ2n) is 5.45. The van der Waals surface area contributed by atoms with Crippen LogP contribution in [0.15, 0.2) is 42.5 Å². The van der Waals surface area contributed by atoms with Gasteiger partial charge in [0.2, 0.25) is 5.91 Å². The molecule has 1 amide bonds. The van der Waals surface area contributed by atoms with Crippen molar-refractivity contribution >= 4 is 5.91 Å². The van der Waals surface area contributed by atoms with Gasteiger partial charge in [0, 0.05) is 18.7 Å². The standard InChI is InChI=1S/C18H20FNO3/c1-13-5-7-14(8-6-13)12-20(9-10-21)17(22)11-15-3-2-4-16(19)18(15)23/h2-8,21,23H,9-12H2,1H3. The number of benzene rings is 2. The van der Waals surface area contributed by atoms with Crippen LogP contribution >= 0.6 is 0 Å². The Morgan fingerprint density at radius 3 is 2.52 bits per heavy atom. The number of amides is 1. The molecule has 0 bridgehead atoms. The summed E-state index contributed by atoms with van der Waals surface area (Å²) in [6.45, 7) is 2.36. The average Bonchev–Trinajstić information content (AvgIpc) is 2.53. The normalized spacial score (nSPS) is 10.6. The van der Waals surface area contributed by atoms with Crippen molar-refractivity contribution in [2.24, 2.45) is 0 Å². The summed E-state index contributed by atoms with van der Waals surface area (Å²) in [6.07, 6.45) is -0.116. The van der Waals surface area contributed by atoms with Gasteiger partial charge in [-0.15, -0.1) is 0 Å². The molecule has 0 heterocycles. The van der Waals surface area contributed by atoms with Crippen molar-refractivity contribution in [2.75, 3.05) is 13.2 Å². The van der Waals surface area contributed by atoms with Gasteiger partial charge in [-0.3, -0.25) is 4.79 Å². The van der Waals surface area contributed by atoms with Gasteiger partial charge in [-0.05, 0) is 18.6 Å². The van der Waals surface area contributed by atoms with Gasteiger partial charge in [0.05, 0.1) is 13.0 Å². The molecule has 5 heteroatoms. The highest BCUT2D eigenvalue weighted by atomic mass is 19.1. The molecule has 0 radical (unpaired) electrons. The molecule has 0 saturated carbocycles. The first-order chi connectivity index (χ1) is 11.0. The summed E-state index contributed by atoms with van der Waals surface area (Å²) in [4.78, 5) is 13.9. The molecule has 0 saturated heterocycles. The molecule has 122 valence electrons. The third-order valence-corrected chi connectivity index (χ3v) is 3.63. The Kier molecular flexibility index (Phi) is 5.71. The van der Waals surface area contributed by atoms with Gasteiger partial charge in [0.15, 0.2) is 11.6 Å². The number of para-hydroxylation sites is 1. The molecule has 0 atom stereocenters. The number of nitrogens with zero attached hydrogens (tertiary/aromatic N) is 1. The topological polar surface area (TPSA) is 60.8 Å². The van der Waals surface area contributed by atoms with Crippen LogP contribution in [0.3, 0.4) is 0 Å². The van der Waals surface area contributed by atoms with Gasteiger partial charge >= 0.3 is 0 Å². The molecule has 23 heavy (non-hydrogen) atoms. The number of carbonyl (C=O) groups is 1. The zero-order chi connectivity index (χ0) is 16.8. The van der Waals surface area contributed by atoms with Gasteiger partial charge in [-0.2, -0.15) is 0 Å². The Hall–Kier alpha value is -2.40. The molecule has 2 aromatic rings. The predicted octanol–water partition coefficient (Wildman–Crippen LogP) is 2.40. The van der Waals surface area contributed by atoms with Gasteiger partial charge in [0.1, 0.15) is 0 Å². The first kappa shape index (κ1) is 17.0. The number of carbonyl (C=O) groups excluding carboxylic acids is 1. The van der Waals surface area contributed by atoms with Crippen LogP contribution in [0.2, 0.25) is 0 Å². The van der Waals surface area contributed by atoms with Crippen LogP contribution in [0.25, 0.3) is 0 Å². The van der Waals surface area contributed by atoms with Crippen molar-refractivity contribution in [3.8, 4) is 5.75 Å². The molecule has 2 aromatic carbocycles. The first-order valence-corrected chi connectivity index (χ1v) is 7.42. The highest BCUT2D eigenvalue weighted by Crippen LogP contribution is 2.22. The molecule has 0 aliphatic heterocycles. The van der Waals surface area contributed by atoms with Crippen molar-refractivity contribution in [1.29, 1.82) is 0 Å². The number of aromatic hydroxyl groups is 1. The first-order valence-electron chi connectivity index (χ1n) is 7.42. The van der Waals surface area contributed by atoms with E-state index in [0.717, 1.165) is 17.2 Å². The quantitative estimate of drug-likeness (QED) is 0.860.